The van der Waals surface area contributed by atoms with Crippen molar-refractivity contribution in [3.05, 3.63) is 53.8 Å². The number of hydrogen-bond donors (Lipinski definition) is 2. The maximum Gasteiger partial charge on any atom is 0.261 e. The lowest BCUT2D eigenvalue weighted by Crippen LogP contribution is -2.13. The zero-order valence-corrected chi connectivity index (χ0v) is 12.9. The minimum Gasteiger partial charge on any atom is -0.326 e. The molecular formula is C15H15FN2O3S. The second-order valence-corrected chi connectivity index (χ2v) is 6.45. The summed E-state index contributed by atoms with van der Waals surface area (Å²) in [7, 11) is -3.79. The van der Waals surface area contributed by atoms with Gasteiger partial charge in [0.2, 0.25) is 5.91 Å². The molecule has 2 N–H and O–H groups in total. The summed E-state index contributed by atoms with van der Waals surface area (Å²) in [6.07, 6.45) is 0. The zero-order valence-electron chi connectivity index (χ0n) is 12.1. The minimum atomic E-state index is -3.79. The molecule has 0 saturated heterocycles. The van der Waals surface area contributed by atoms with E-state index in [2.05, 4.69) is 10.0 Å². The van der Waals surface area contributed by atoms with Gasteiger partial charge in [-0.05, 0) is 55.0 Å². The normalized spacial score (nSPS) is 11.0. The lowest BCUT2D eigenvalue weighted by atomic mass is 10.2. The van der Waals surface area contributed by atoms with Crippen LogP contribution in [0.1, 0.15) is 12.5 Å². The van der Waals surface area contributed by atoms with Gasteiger partial charge in [-0.2, -0.15) is 0 Å². The fourth-order valence-corrected chi connectivity index (χ4v) is 2.93. The van der Waals surface area contributed by atoms with Gasteiger partial charge in [0.15, 0.2) is 0 Å². The summed E-state index contributed by atoms with van der Waals surface area (Å²) in [6.45, 7) is 3.14. The molecule has 0 aliphatic rings. The fourth-order valence-electron chi connectivity index (χ4n) is 1.88. The number of halogens is 1. The smallest absolute Gasteiger partial charge is 0.261 e. The molecule has 0 aliphatic carbocycles. The van der Waals surface area contributed by atoms with Gasteiger partial charge in [0.25, 0.3) is 10.0 Å². The Bertz CT molecular complexity index is 802. The van der Waals surface area contributed by atoms with E-state index in [1.807, 2.05) is 0 Å². The number of benzene rings is 2. The standard InChI is InChI=1S/C15H15FN2O3S/c1-10-9-13(5-8-15(10)17-11(2)19)18-22(20,21)14-6-3-12(16)4-7-14/h3-9,18H,1-2H3,(H,17,19). The predicted octanol–water partition coefficient (Wildman–Crippen LogP) is 2.89. The molecule has 0 atom stereocenters. The molecule has 0 spiro atoms. The predicted molar refractivity (Wildman–Crippen MR) is 82.7 cm³/mol. The highest BCUT2D eigenvalue weighted by atomic mass is 32.2. The Kier molecular flexibility index (Phi) is 4.46. The Balaban J connectivity index is 2.24. The van der Waals surface area contributed by atoms with Crippen LogP contribution in [0.15, 0.2) is 47.4 Å². The molecule has 7 heteroatoms. The number of rotatable bonds is 4. The highest BCUT2D eigenvalue weighted by Crippen LogP contribution is 2.22. The quantitative estimate of drug-likeness (QED) is 0.909. The molecule has 0 aromatic heterocycles. The number of amides is 1. The number of nitrogens with one attached hydrogen (secondary N) is 2. The van der Waals surface area contributed by atoms with Crippen LogP contribution in [0, 0.1) is 12.7 Å². The summed E-state index contributed by atoms with van der Waals surface area (Å²) in [5, 5.41) is 2.64. The molecule has 22 heavy (non-hydrogen) atoms. The van der Waals surface area contributed by atoms with E-state index in [1.165, 1.54) is 19.1 Å². The molecule has 116 valence electrons. The number of hydrogen-bond acceptors (Lipinski definition) is 3. The molecule has 2 aromatic carbocycles. The Morgan fingerprint density at radius 2 is 1.73 bits per heavy atom. The van der Waals surface area contributed by atoms with E-state index in [0.29, 0.717) is 11.4 Å². The van der Waals surface area contributed by atoms with Crippen LogP contribution in [0.3, 0.4) is 0 Å². The number of sulfonamides is 1. The Hall–Kier alpha value is -2.41. The largest absolute Gasteiger partial charge is 0.326 e. The van der Waals surface area contributed by atoms with Gasteiger partial charge < -0.3 is 5.32 Å². The van der Waals surface area contributed by atoms with Crippen LogP contribution in [0.5, 0.6) is 0 Å². The van der Waals surface area contributed by atoms with Crippen LogP contribution in [-0.2, 0) is 14.8 Å². The van der Waals surface area contributed by atoms with Crippen LogP contribution < -0.4 is 10.0 Å². The second-order valence-electron chi connectivity index (χ2n) is 4.77. The Morgan fingerprint density at radius 1 is 1.09 bits per heavy atom. The Morgan fingerprint density at radius 3 is 2.27 bits per heavy atom. The van der Waals surface area contributed by atoms with Crippen LogP contribution in [0.4, 0.5) is 15.8 Å². The number of carbonyl (C=O) groups excluding carboxylic acids is 1. The zero-order chi connectivity index (χ0) is 16.3. The SMILES string of the molecule is CC(=O)Nc1ccc(NS(=O)(=O)c2ccc(F)cc2)cc1C. The average molecular weight is 322 g/mol. The topological polar surface area (TPSA) is 75.3 Å². The van der Waals surface area contributed by atoms with Crippen LogP contribution in [-0.4, -0.2) is 14.3 Å². The summed E-state index contributed by atoms with van der Waals surface area (Å²) in [5.41, 5.74) is 1.68. The summed E-state index contributed by atoms with van der Waals surface area (Å²) in [4.78, 5) is 11.0. The third-order valence-electron chi connectivity index (χ3n) is 2.91. The van der Waals surface area contributed by atoms with Gasteiger partial charge in [-0.1, -0.05) is 0 Å². The third kappa shape index (κ3) is 3.82. The lowest BCUT2D eigenvalue weighted by molar-refractivity contribution is -0.114. The van der Waals surface area contributed by atoms with Crippen molar-refractivity contribution in [2.75, 3.05) is 10.0 Å². The molecule has 0 saturated carbocycles. The van der Waals surface area contributed by atoms with E-state index >= 15 is 0 Å². The molecule has 1 amide bonds. The van der Waals surface area contributed by atoms with E-state index in [-0.39, 0.29) is 10.8 Å². The van der Waals surface area contributed by atoms with Crippen molar-refractivity contribution < 1.29 is 17.6 Å². The van der Waals surface area contributed by atoms with Crippen molar-refractivity contribution >= 4 is 27.3 Å². The van der Waals surface area contributed by atoms with E-state index < -0.39 is 15.8 Å². The first-order valence-corrected chi connectivity index (χ1v) is 7.93. The molecule has 0 fully saturated rings. The minimum absolute atomic E-state index is 0.0301. The molecule has 0 heterocycles. The van der Waals surface area contributed by atoms with E-state index in [1.54, 1.807) is 25.1 Å². The van der Waals surface area contributed by atoms with Crippen molar-refractivity contribution in [3.63, 3.8) is 0 Å². The molecule has 0 unspecified atom stereocenters. The van der Waals surface area contributed by atoms with Crippen molar-refractivity contribution in [2.24, 2.45) is 0 Å². The van der Waals surface area contributed by atoms with Crippen LogP contribution in [0.25, 0.3) is 0 Å². The van der Waals surface area contributed by atoms with Crippen LogP contribution >= 0.6 is 0 Å². The highest BCUT2D eigenvalue weighted by Gasteiger charge is 2.14. The van der Waals surface area contributed by atoms with Crippen molar-refractivity contribution in [1.82, 2.24) is 0 Å². The van der Waals surface area contributed by atoms with Gasteiger partial charge in [0.1, 0.15) is 5.82 Å². The lowest BCUT2D eigenvalue weighted by Gasteiger charge is -2.11. The van der Waals surface area contributed by atoms with E-state index in [9.17, 15) is 17.6 Å². The maximum absolute atomic E-state index is 12.9. The second kappa shape index (κ2) is 6.15. The van der Waals surface area contributed by atoms with Crippen molar-refractivity contribution in [3.8, 4) is 0 Å². The van der Waals surface area contributed by atoms with E-state index in [4.69, 9.17) is 0 Å². The molecular weight excluding hydrogens is 307 g/mol. The molecule has 2 rings (SSSR count). The molecule has 5 nitrogen and oxygen atoms in total. The maximum atomic E-state index is 12.9. The van der Waals surface area contributed by atoms with Gasteiger partial charge in [-0.25, -0.2) is 12.8 Å². The van der Waals surface area contributed by atoms with Crippen LogP contribution in [0.2, 0.25) is 0 Å². The number of aryl methyl sites for hydroxylation is 1. The van der Waals surface area contributed by atoms with Gasteiger partial charge in [-0.3, -0.25) is 9.52 Å². The van der Waals surface area contributed by atoms with Crippen molar-refractivity contribution in [2.45, 2.75) is 18.7 Å². The van der Waals surface area contributed by atoms with Gasteiger partial charge >= 0.3 is 0 Å². The molecule has 0 bridgehead atoms. The first-order valence-electron chi connectivity index (χ1n) is 6.44. The molecule has 0 aliphatic heterocycles. The number of anilines is 2. The van der Waals surface area contributed by atoms with E-state index in [0.717, 1.165) is 17.7 Å². The van der Waals surface area contributed by atoms with Crippen molar-refractivity contribution in [1.29, 1.82) is 0 Å². The summed E-state index contributed by atoms with van der Waals surface area (Å²) in [5.74, 6) is -0.711. The van der Waals surface area contributed by atoms with Gasteiger partial charge in [-0.15, -0.1) is 0 Å². The summed E-state index contributed by atoms with van der Waals surface area (Å²) < 4.78 is 39.6. The summed E-state index contributed by atoms with van der Waals surface area (Å²) >= 11 is 0. The monoisotopic (exact) mass is 322 g/mol. The fraction of sp³-hybridized carbons (Fsp3) is 0.133. The molecule has 2 aromatic rings. The summed E-state index contributed by atoms with van der Waals surface area (Å²) in [6, 6.07) is 9.30. The highest BCUT2D eigenvalue weighted by molar-refractivity contribution is 7.92. The number of carbonyl (C=O) groups is 1. The first kappa shape index (κ1) is 16.0. The van der Waals surface area contributed by atoms with Gasteiger partial charge in [0, 0.05) is 18.3 Å². The third-order valence-corrected chi connectivity index (χ3v) is 4.31. The first-order chi connectivity index (χ1) is 10.3. The van der Waals surface area contributed by atoms with Gasteiger partial charge in [0.05, 0.1) is 4.90 Å². The molecule has 0 radical (unpaired) electrons. The Labute approximate surface area is 128 Å². The average Bonchev–Trinajstić information content (AvgIpc) is 2.41.